The zero-order valence-electron chi connectivity index (χ0n) is 20.4. The van der Waals surface area contributed by atoms with Crippen LogP contribution in [0.5, 0.6) is 5.75 Å². The molecule has 0 aromatic heterocycles. The molecule has 5 nitrogen and oxygen atoms in total. The largest absolute Gasteiger partial charge is 0.494 e. The van der Waals surface area contributed by atoms with Crippen molar-refractivity contribution in [2.24, 2.45) is 10.2 Å². The Hall–Kier alpha value is -2.69. The van der Waals surface area contributed by atoms with E-state index in [2.05, 4.69) is 29.3 Å². The third kappa shape index (κ3) is 12.2. The van der Waals surface area contributed by atoms with Gasteiger partial charge in [0.05, 0.1) is 24.6 Å². The Bertz CT molecular complexity index is 801. The van der Waals surface area contributed by atoms with Crippen molar-refractivity contribution in [3.05, 3.63) is 54.1 Å². The second-order valence-electron chi connectivity index (χ2n) is 8.40. The SMILES string of the molecule is CCCCCCc1ccc(N=Nc2ccc(OCCCCCCOC(=O)CCC)cc2)cc1. The molecule has 33 heavy (non-hydrogen) atoms. The van der Waals surface area contributed by atoms with Crippen LogP contribution in [0.2, 0.25) is 0 Å². The molecule has 0 saturated heterocycles. The molecule has 2 rings (SSSR count). The smallest absolute Gasteiger partial charge is 0.305 e. The van der Waals surface area contributed by atoms with Crippen LogP contribution in [0.25, 0.3) is 0 Å². The minimum atomic E-state index is -0.0881. The molecule has 2 aromatic rings. The molecule has 0 saturated carbocycles. The first kappa shape index (κ1) is 26.6. The number of ether oxygens (including phenoxy) is 2. The average molecular weight is 453 g/mol. The standard InChI is InChI=1S/C28H40N2O3/c1-3-5-6-9-13-24-14-16-25(17-15-24)29-30-26-18-20-27(21-19-26)32-22-10-7-8-11-23-33-28(31)12-4-2/h14-21H,3-13,22-23H2,1-2H3. The first-order valence-corrected chi connectivity index (χ1v) is 12.6. The molecule has 0 spiro atoms. The Morgan fingerprint density at radius 2 is 1.30 bits per heavy atom. The average Bonchev–Trinajstić information content (AvgIpc) is 2.84. The van der Waals surface area contributed by atoms with E-state index in [1.54, 1.807) is 0 Å². The Kier molecular flexibility index (Phi) is 13.6. The second kappa shape index (κ2) is 16.9. The zero-order chi connectivity index (χ0) is 23.6. The van der Waals surface area contributed by atoms with Gasteiger partial charge in [0, 0.05) is 6.42 Å². The van der Waals surface area contributed by atoms with Crippen molar-refractivity contribution >= 4 is 17.3 Å². The predicted octanol–water partition coefficient (Wildman–Crippen LogP) is 8.51. The third-order valence-corrected chi connectivity index (χ3v) is 5.40. The molecule has 0 bridgehead atoms. The van der Waals surface area contributed by atoms with Crippen molar-refractivity contribution < 1.29 is 14.3 Å². The normalized spacial score (nSPS) is 11.1. The summed E-state index contributed by atoms with van der Waals surface area (Å²) in [5.41, 5.74) is 3.04. The van der Waals surface area contributed by atoms with Crippen LogP contribution in [0, 0.1) is 0 Å². The van der Waals surface area contributed by atoms with E-state index in [1.165, 1.54) is 31.2 Å². The van der Waals surface area contributed by atoms with Crippen molar-refractivity contribution in [3.8, 4) is 5.75 Å². The summed E-state index contributed by atoms with van der Waals surface area (Å²) >= 11 is 0. The second-order valence-corrected chi connectivity index (χ2v) is 8.40. The topological polar surface area (TPSA) is 60.3 Å². The molecule has 0 amide bonds. The highest BCUT2D eigenvalue weighted by Gasteiger charge is 2.00. The summed E-state index contributed by atoms with van der Waals surface area (Å²) in [5, 5.41) is 8.67. The lowest BCUT2D eigenvalue weighted by atomic mass is 10.1. The summed E-state index contributed by atoms with van der Waals surface area (Å²) in [4.78, 5) is 11.3. The Labute approximate surface area is 199 Å². The predicted molar refractivity (Wildman–Crippen MR) is 135 cm³/mol. The number of azo groups is 1. The molecule has 0 atom stereocenters. The van der Waals surface area contributed by atoms with Crippen LogP contribution < -0.4 is 4.74 Å². The summed E-state index contributed by atoms with van der Waals surface area (Å²) in [7, 11) is 0. The fourth-order valence-electron chi connectivity index (χ4n) is 3.42. The number of rotatable bonds is 17. The van der Waals surface area contributed by atoms with Crippen LogP contribution in [-0.4, -0.2) is 19.2 Å². The van der Waals surface area contributed by atoms with Gasteiger partial charge in [0.25, 0.3) is 0 Å². The fraction of sp³-hybridized carbons (Fsp3) is 0.536. The fourth-order valence-corrected chi connectivity index (χ4v) is 3.42. The van der Waals surface area contributed by atoms with Crippen molar-refractivity contribution in [1.29, 1.82) is 0 Å². The van der Waals surface area contributed by atoms with Gasteiger partial charge in [0.15, 0.2) is 0 Å². The molecule has 0 aliphatic carbocycles. The number of hydrogen-bond acceptors (Lipinski definition) is 5. The number of nitrogens with zero attached hydrogens (tertiary/aromatic N) is 2. The number of benzene rings is 2. The van der Waals surface area contributed by atoms with Crippen LogP contribution in [0.3, 0.4) is 0 Å². The van der Waals surface area contributed by atoms with Crippen molar-refractivity contribution in [2.75, 3.05) is 13.2 Å². The zero-order valence-corrected chi connectivity index (χ0v) is 20.4. The molecule has 5 heteroatoms. The van der Waals surface area contributed by atoms with Crippen molar-refractivity contribution in [2.45, 2.75) is 84.5 Å². The highest BCUT2D eigenvalue weighted by molar-refractivity contribution is 5.69. The lowest BCUT2D eigenvalue weighted by molar-refractivity contribution is -0.143. The van der Waals surface area contributed by atoms with E-state index in [-0.39, 0.29) is 5.97 Å². The first-order chi connectivity index (χ1) is 16.2. The maximum Gasteiger partial charge on any atom is 0.305 e. The van der Waals surface area contributed by atoms with Gasteiger partial charge in [0.1, 0.15) is 5.75 Å². The summed E-state index contributed by atoms with van der Waals surface area (Å²) in [6.07, 6.45) is 11.6. The van der Waals surface area contributed by atoms with E-state index >= 15 is 0 Å². The van der Waals surface area contributed by atoms with Crippen molar-refractivity contribution in [3.63, 3.8) is 0 Å². The molecule has 0 radical (unpaired) electrons. The van der Waals surface area contributed by atoms with Gasteiger partial charge in [-0.25, -0.2) is 0 Å². The Morgan fingerprint density at radius 3 is 1.94 bits per heavy atom. The molecule has 0 aliphatic heterocycles. The van der Waals surface area contributed by atoms with E-state index in [1.807, 2.05) is 43.3 Å². The van der Waals surface area contributed by atoms with Crippen LogP contribution in [0.15, 0.2) is 58.8 Å². The third-order valence-electron chi connectivity index (χ3n) is 5.40. The molecule has 2 aromatic carbocycles. The number of carbonyl (C=O) groups is 1. The van der Waals surface area contributed by atoms with Gasteiger partial charge < -0.3 is 9.47 Å². The van der Waals surface area contributed by atoms with E-state index in [0.29, 0.717) is 19.6 Å². The van der Waals surface area contributed by atoms with Crippen molar-refractivity contribution in [1.82, 2.24) is 0 Å². The minimum absolute atomic E-state index is 0.0881. The monoisotopic (exact) mass is 452 g/mol. The quantitative estimate of drug-likeness (QED) is 0.137. The molecule has 0 N–H and O–H groups in total. The van der Waals surface area contributed by atoms with Crippen LogP contribution in [0.4, 0.5) is 11.4 Å². The minimum Gasteiger partial charge on any atom is -0.494 e. The number of unbranched alkanes of at least 4 members (excludes halogenated alkanes) is 6. The van der Waals surface area contributed by atoms with Gasteiger partial charge in [-0.1, -0.05) is 45.2 Å². The Morgan fingerprint density at radius 1 is 0.697 bits per heavy atom. The van der Waals surface area contributed by atoms with E-state index in [9.17, 15) is 4.79 Å². The lowest BCUT2D eigenvalue weighted by Gasteiger charge is -2.07. The summed E-state index contributed by atoms with van der Waals surface area (Å²) in [6, 6.07) is 16.1. The van der Waals surface area contributed by atoms with Gasteiger partial charge >= 0.3 is 5.97 Å². The van der Waals surface area contributed by atoms with Gasteiger partial charge in [-0.15, -0.1) is 0 Å². The molecule has 0 fully saturated rings. The van der Waals surface area contributed by atoms with Crippen LogP contribution >= 0.6 is 0 Å². The summed E-state index contributed by atoms with van der Waals surface area (Å²) in [5.74, 6) is 0.754. The van der Waals surface area contributed by atoms with Gasteiger partial charge in [-0.3, -0.25) is 4.79 Å². The maximum atomic E-state index is 11.3. The number of aryl methyl sites for hydroxylation is 1. The molecule has 0 unspecified atom stereocenters. The summed E-state index contributed by atoms with van der Waals surface area (Å²) in [6.45, 7) is 5.43. The lowest BCUT2D eigenvalue weighted by Crippen LogP contribution is -2.05. The molecule has 180 valence electrons. The molecule has 0 aliphatic rings. The van der Waals surface area contributed by atoms with E-state index in [0.717, 1.165) is 55.6 Å². The van der Waals surface area contributed by atoms with Gasteiger partial charge in [0.2, 0.25) is 0 Å². The van der Waals surface area contributed by atoms with Crippen LogP contribution in [-0.2, 0) is 16.0 Å². The molecular formula is C28H40N2O3. The highest BCUT2D eigenvalue weighted by atomic mass is 16.5. The number of hydrogen-bond donors (Lipinski definition) is 0. The maximum absolute atomic E-state index is 11.3. The van der Waals surface area contributed by atoms with Crippen LogP contribution in [0.1, 0.15) is 83.6 Å². The van der Waals surface area contributed by atoms with E-state index < -0.39 is 0 Å². The number of esters is 1. The highest BCUT2D eigenvalue weighted by Crippen LogP contribution is 2.22. The van der Waals surface area contributed by atoms with Gasteiger partial charge in [-0.05, 0) is 86.9 Å². The first-order valence-electron chi connectivity index (χ1n) is 12.6. The molecule has 0 heterocycles. The number of carbonyl (C=O) groups excluding carboxylic acids is 1. The van der Waals surface area contributed by atoms with Gasteiger partial charge in [-0.2, -0.15) is 10.2 Å². The molecular weight excluding hydrogens is 412 g/mol. The summed E-state index contributed by atoms with van der Waals surface area (Å²) < 4.78 is 11.0. The van der Waals surface area contributed by atoms with E-state index in [4.69, 9.17) is 9.47 Å². The Balaban J connectivity index is 1.60.